The molecule has 1 heterocycles. The lowest BCUT2D eigenvalue weighted by atomic mass is 9.54. The maximum atomic E-state index is 12.3. The first kappa shape index (κ1) is 53.6. The molecule has 3 N–H and O–H groups in total. The number of benzene rings is 5. The Bertz CT molecular complexity index is 3110. The molecule has 8 fully saturated rings. The molecule has 6 aromatic rings. The Balaban J connectivity index is 0.000000137. The monoisotopic (exact) mass is 1070 g/mol. The Kier molecular flexibility index (Phi) is 16.1. The fourth-order valence-electron chi connectivity index (χ4n) is 14.1. The number of ether oxygens (including phenoxy) is 3. The van der Waals surface area contributed by atoms with Crippen LogP contribution in [0.4, 0.5) is 0 Å². The van der Waals surface area contributed by atoms with Crippen LogP contribution in [0.1, 0.15) is 93.1 Å². The van der Waals surface area contributed by atoms with E-state index in [-0.39, 0.29) is 46.3 Å². The zero-order chi connectivity index (χ0) is 51.8. The quantitative estimate of drug-likeness (QED) is 0.0419. The highest BCUT2D eigenvalue weighted by molar-refractivity contribution is 7.95. The zero-order valence-corrected chi connectivity index (χ0v) is 44.1. The average Bonchev–Trinajstić information content (AvgIpc) is 3.41. The van der Waals surface area contributed by atoms with E-state index in [2.05, 4.69) is 36.4 Å². The predicted molar refractivity (Wildman–Crippen MR) is 301 cm³/mol. The first-order chi connectivity index (χ1) is 35.8. The van der Waals surface area contributed by atoms with Crippen LogP contribution in [0.2, 0.25) is 10.0 Å². The van der Waals surface area contributed by atoms with Gasteiger partial charge in [-0.2, -0.15) is 0 Å². The van der Waals surface area contributed by atoms with E-state index in [1.54, 1.807) is 26.1 Å². The van der Waals surface area contributed by atoms with Gasteiger partial charge in [-0.25, -0.2) is 9.59 Å². The van der Waals surface area contributed by atoms with Crippen LogP contribution in [0.25, 0.3) is 22.5 Å². The Morgan fingerprint density at radius 3 is 1.36 bits per heavy atom. The Labute approximate surface area is 448 Å². The van der Waals surface area contributed by atoms with Gasteiger partial charge in [0.15, 0.2) is 6.29 Å². The zero-order valence-electron chi connectivity index (χ0n) is 41.7. The van der Waals surface area contributed by atoms with Crippen LogP contribution in [0.15, 0.2) is 136 Å². The van der Waals surface area contributed by atoms with Crippen molar-refractivity contribution in [2.45, 2.75) is 71.6 Å². The molecule has 0 saturated heterocycles. The number of phenolic OH excluding ortho intramolecular Hbond substituents is 3. The molecule has 0 atom stereocenters. The number of hydrogen-bond acceptors (Lipinski definition) is 10. The smallest absolute Gasteiger partial charge is 0.336 e. The number of allylic oxidation sites excluding steroid dienone is 2. The number of halogens is 2. The number of carbonyl (C=O) groups excluding carboxylic acids is 2. The van der Waals surface area contributed by atoms with Gasteiger partial charge in [0, 0.05) is 34.9 Å². The van der Waals surface area contributed by atoms with E-state index in [0.29, 0.717) is 57.8 Å². The SMILES string of the molecule is C.COC(=C1C2CC3CC(C2)CC1C3)c1c(Cl)c(O)cc(O)c1C=O.COC(=C1C2CC3CC(C2)CC1C3)c1c(Cl)c(O)cc2oc(=O)ccc12.COC(=O)C=P(c1ccccc1)(c1ccccc1)c1ccccc1. The van der Waals surface area contributed by atoms with Crippen molar-refractivity contribution in [3.8, 4) is 17.2 Å². The van der Waals surface area contributed by atoms with Crippen LogP contribution in [-0.2, 0) is 19.0 Å². The van der Waals surface area contributed by atoms with E-state index in [4.69, 9.17) is 41.8 Å². The number of rotatable bonds is 9. The molecule has 8 aliphatic carbocycles. The molecule has 0 amide bonds. The first-order valence-corrected chi connectivity index (χ1v) is 28.2. The number of fused-ring (bicyclic) bond motifs is 1. The minimum Gasteiger partial charge on any atom is -0.507 e. The van der Waals surface area contributed by atoms with Crippen molar-refractivity contribution < 1.29 is 43.5 Å². The number of hydrogen-bond donors (Lipinski definition) is 3. The molecule has 8 aliphatic rings. The van der Waals surface area contributed by atoms with Gasteiger partial charge in [-0.3, -0.25) is 4.79 Å². The molecule has 0 aliphatic heterocycles. The molecule has 10 nitrogen and oxygen atoms in total. The third-order valence-electron chi connectivity index (χ3n) is 16.6. The highest BCUT2D eigenvalue weighted by Crippen LogP contribution is 2.60. The van der Waals surface area contributed by atoms with Crippen molar-refractivity contribution in [2.24, 2.45) is 47.3 Å². The van der Waals surface area contributed by atoms with Gasteiger partial charge in [-0.15, -0.1) is 0 Å². The second kappa shape index (κ2) is 22.6. The Hall–Kier alpha value is -6.19. The standard InChI is InChI=1S/C21H21ClO4.C21H19O2P.C19H21ClO4.CH4/c1-25-21(18-12-5-10-4-11(7-12)8-13(18)6-10)19-14-2-3-17(24)26-16(14)9-15(23)20(19)22;1-23-21(22)17-24(18-11-5-2-6-12-18,19-13-7-3-8-14-19)20-15-9-4-10-16-20;1-24-19(17-13(8-21)14(22)7-15(23)18(17)20)16-11-3-9-2-10(5-11)6-12(16)4-9;/h2-3,9-13,23H,4-8H2,1H3;2-17H,1H3;7-12,22-23H,2-6H2,1H3;1H4. The summed E-state index contributed by atoms with van der Waals surface area (Å²) in [5, 5.41) is 34.8. The summed E-state index contributed by atoms with van der Waals surface area (Å²) in [6.45, 7) is -2.23. The summed E-state index contributed by atoms with van der Waals surface area (Å²) >= 11 is 12.8. The molecule has 0 spiro atoms. The lowest BCUT2D eigenvalue weighted by Crippen LogP contribution is -2.41. The largest absolute Gasteiger partial charge is 0.507 e. The molecule has 1 aromatic heterocycles. The second-order valence-corrected chi connectivity index (χ2v) is 24.9. The number of carbonyl (C=O) groups is 2. The minimum atomic E-state index is -2.23. The molecular formula is C62H65Cl2O10P. The van der Waals surface area contributed by atoms with Gasteiger partial charge in [-0.1, -0.05) is 122 Å². The molecule has 14 rings (SSSR count). The molecule has 8 saturated carbocycles. The lowest BCUT2D eigenvalue weighted by molar-refractivity contribution is -0.132. The number of aromatic hydroxyl groups is 3. The van der Waals surface area contributed by atoms with Gasteiger partial charge < -0.3 is 33.9 Å². The second-order valence-electron chi connectivity index (χ2n) is 20.9. The van der Waals surface area contributed by atoms with Crippen LogP contribution in [-0.4, -0.2) is 54.7 Å². The summed E-state index contributed by atoms with van der Waals surface area (Å²) in [5.41, 5.74) is 3.50. The summed E-state index contributed by atoms with van der Waals surface area (Å²) in [6, 6.07) is 36.2. The maximum Gasteiger partial charge on any atom is 0.336 e. The van der Waals surface area contributed by atoms with Crippen LogP contribution in [0, 0.1) is 47.3 Å². The number of aldehydes is 1. The topological polar surface area (TPSA) is 153 Å². The molecule has 5 aromatic carbocycles. The van der Waals surface area contributed by atoms with E-state index in [1.807, 2.05) is 54.6 Å². The van der Waals surface area contributed by atoms with Gasteiger partial charge in [0.05, 0.1) is 42.5 Å². The van der Waals surface area contributed by atoms with Gasteiger partial charge in [0.2, 0.25) is 0 Å². The normalized spacial score (nSPS) is 23.4. The van der Waals surface area contributed by atoms with Gasteiger partial charge in [0.1, 0.15) is 34.3 Å². The Morgan fingerprint density at radius 1 is 0.560 bits per heavy atom. The predicted octanol–water partition coefficient (Wildman–Crippen LogP) is 12.9. The van der Waals surface area contributed by atoms with E-state index >= 15 is 0 Å². The summed E-state index contributed by atoms with van der Waals surface area (Å²) < 4.78 is 21.9. The molecule has 13 heteroatoms. The van der Waals surface area contributed by atoms with Crippen molar-refractivity contribution >= 4 is 86.5 Å². The van der Waals surface area contributed by atoms with Crippen molar-refractivity contribution in [1.82, 2.24) is 0 Å². The van der Waals surface area contributed by atoms with Gasteiger partial charge in [-0.05, 0) is 152 Å². The average molecular weight is 1070 g/mol. The van der Waals surface area contributed by atoms with Crippen LogP contribution >= 0.6 is 30.1 Å². The van der Waals surface area contributed by atoms with E-state index in [9.17, 15) is 29.7 Å². The van der Waals surface area contributed by atoms with Crippen LogP contribution < -0.4 is 21.5 Å². The fourth-order valence-corrected chi connectivity index (χ4v) is 18.3. The van der Waals surface area contributed by atoms with Crippen LogP contribution in [0.5, 0.6) is 17.2 Å². The summed E-state index contributed by atoms with van der Waals surface area (Å²) in [5.74, 6) is 7.44. The van der Waals surface area contributed by atoms with Crippen molar-refractivity contribution in [2.75, 3.05) is 21.3 Å². The van der Waals surface area contributed by atoms with Crippen molar-refractivity contribution in [3.63, 3.8) is 0 Å². The highest BCUT2D eigenvalue weighted by atomic mass is 35.5. The van der Waals surface area contributed by atoms with Gasteiger partial charge in [0.25, 0.3) is 0 Å². The molecule has 75 heavy (non-hydrogen) atoms. The minimum absolute atomic E-state index is 0. The molecule has 8 bridgehead atoms. The molecule has 0 radical (unpaired) electrons. The van der Waals surface area contributed by atoms with E-state index < -0.39 is 12.5 Å². The fraction of sp³-hybridized carbons (Fsp3) is 0.355. The maximum absolute atomic E-state index is 12.3. The Morgan fingerprint density at radius 2 is 0.960 bits per heavy atom. The summed E-state index contributed by atoms with van der Waals surface area (Å²) in [4.78, 5) is 35.4. The highest BCUT2D eigenvalue weighted by Gasteiger charge is 2.48. The third-order valence-corrected chi connectivity index (χ3v) is 21.3. The molecule has 0 unspecified atom stereocenters. The first-order valence-electron chi connectivity index (χ1n) is 25.6. The number of esters is 1. The summed E-state index contributed by atoms with van der Waals surface area (Å²) in [6.07, 6.45) is 12.8. The molecular weight excluding hydrogens is 1010 g/mol. The van der Waals surface area contributed by atoms with Gasteiger partial charge >= 0.3 is 11.6 Å². The van der Waals surface area contributed by atoms with Crippen LogP contribution in [0.3, 0.4) is 0 Å². The van der Waals surface area contributed by atoms with Crippen molar-refractivity contribution in [1.29, 1.82) is 0 Å². The lowest BCUT2D eigenvalue weighted by Gasteiger charge is -2.51. The van der Waals surface area contributed by atoms with E-state index in [1.165, 1.54) is 68.9 Å². The number of methoxy groups -OCH3 is 3. The third kappa shape index (κ3) is 10.2. The van der Waals surface area contributed by atoms with E-state index in [0.717, 1.165) is 77.1 Å². The number of phenols is 3. The van der Waals surface area contributed by atoms with Crippen molar-refractivity contribution in [3.05, 3.63) is 164 Å². The summed E-state index contributed by atoms with van der Waals surface area (Å²) in [7, 11) is 4.66. The molecule has 392 valence electrons.